The maximum absolute atomic E-state index is 8.74. The van der Waals surface area contributed by atoms with Crippen LogP contribution in [0.15, 0.2) is 0 Å². The molecule has 4 nitrogen and oxygen atoms in total. The minimum atomic E-state index is -4.67. The first-order chi connectivity index (χ1) is 2.00. The van der Waals surface area contributed by atoms with Crippen LogP contribution in [-0.2, 0) is 10.4 Å². The van der Waals surface area contributed by atoms with Gasteiger partial charge in [-0.15, -0.1) is 0 Å². The van der Waals surface area contributed by atoms with E-state index in [1.54, 1.807) is 0 Å². The lowest BCUT2D eigenvalue weighted by molar-refractivity contribution is 0.381. The summed E-state index contributed by atoms with van der Waals surface area (Å²) >= 11 is 0. The van der Waals surface area contributed by atoms with Crippen molar-refractivity contribution in [3.8, 4) is 0 Å². The minimum absolute atomic E-state index is 0. The highest BCUT2D eigenvalue weighted by Crippen LogP contribution is 1.59. The van der Waals surface area contributed by atoms with Gasteiger partial charge in [0.1, 0.15) is 0 Å². The van der Waals surface area contributed by atoms with E-state index in [-0.39, 0.29) is 27.0 Å². The van der Waals surface area contributed by atoms with Gasteiger partial charge in [-0.2, -0.15) is 8.42 Å². The van der Waals surface area contributed by atoms with Crippen molar-refractivity contribution in [2.75, 3.05) is 0 Å². The highest BCUT2D eigenvalue weighted by atomic mass is 32.3. The van der Waals surface area contributed by atoms with Crippen molar-refractivity contribution in [2.45, 2.75) is 0 Å². The molecule has 0 aromatic carbocycles. The highest BCUT2D eigenvalue weighted by molar-refractivity contribution is 7.79. The van der Waals surface area contributed by atoms with Crippen LogP contribution in [0.4, 0.5) is 0 Å². The van der Waals surface area contributed by atoms with Crippen molar-refractivity contribution in [3.05, 3.63) is 0 Å². The SMILES string of the molecule is O=S(=O)(O)O.[S].[S]. The van der Waals surface area contributed by atoms with Crippen LogP contribution in [0.25, 0.3) is 0 Å². The molecule has 0 saturated heterocycles. The first-order valence-corrected chi connectivity index (χ1v) is 2.10. The van der Waals surface area contributed by atoms with E-state index >= 15 is 0 Å². The van der Waals surface area contributed by atoms with Crippen molar-refractivity contribution < 1.29 is 17.5 Å². The molecule has 0 aliphatic carbocycles. The zero-order chi connectivity index (χ0) is 4.50. The predicted octanol–water partition coefficient (Wildman–Crippen LogP) is 0.644. The summed E-state index contributed by atoms with van der Waals surface area (Å²) in [5, 5.41) is 0. The molecule has 0 rings (SSSR count). The molecule has 44 valence electrons. The molecule has 7 heavy (non-hydrogen) atoms. The summed E-state index contributed by atoms with van der Waals surface area (Å²) in [6.07, 6.45) is 0. The van der Waals surface area contributed by atoms with E-state index in [0.717, 1.165) is 0 Å². The topological polar surface area (TPSA) is 74.6 Å². The third-order valence-corrected chi connectivity index (χ3v) is 0. The second-order valence-electron chi connectivity index (χ2n) is 0.448. The van der Waals surface area contributed by atoms with Gasteiger partial charge in [-0.3, -0.25) is 9.11 Å². The molecule has 0 heterocycles. The van der Waals surface area contributed by atoms with Crippen LogP contribution in [0.5, 0.6) is 0 Å². The summed E-state index contributed by atoms with van der Waals surface area (Å²) in [6.45, 7) is 0. The summed E-state index contributed by atoms with van der Waals surface area (Å²) < 4.78 is 31.6. The largest absolute Gasteiger partial charge is 0.394 e. The van der Waals surface area contributed by atoms with E-state index in [0.29, 0.717) is 0 Å². The lowest BCUT2D eigenvalue weighted by Crippen LogP contribution is -1.89. The Morgan fingerprint density at radius 3 is 1.00 bits per heavy atom. The van der Waals surface area contributed by atoms with Gasteiger partial charge in [0.05, 0.1) is 0 Å². The van der Waals surface area contributed by atoms with Crippen LogP contribution in [0.1, 0.15) is 0 Å². The quantitative estimate of drug-likeness (QED) is 0.513. The van der Waals surface area contributed by atoms with Crippen LogP contribution in [0.3, 0.4) is 0 Å². The molecule has 0 aliphatic heterocycles. The fourth-order valence-electron chi connectivity index (χ4n) is 0. The van der Waals surface area contributed by atoms with Crippen LogP contribution >= 0.6 is 27.0 Å². The van der Waals surface area contributed by atoms with E-state index in [9.17, 15) is 0 Å². The number of hydrogen-bond donors (Lipinski definition) is 2. The third kappa shape index (κ3) is 422. The molecule has 0 bridgehead atoms. The molecule has 0 spiro atoms. The van der Waals surface area contributed by atoms with Crippen molar-refractivity contribution in [1.82, 2.24) is 0 Å². The molecule has 0 aromatic rings. The average Bonchev–Trinajstić information content (AvgIpc) is 0.722. The fraction of sp³-hybridized carbons (Fsp3) is 0. The van der Waals surface area contributed by atoms with Gasteiger partial charge in [0.15, 0.2) is 0 Å². The van der Waals surface area contributed by atoms with Gasteiger partial charge >= 0.3 is 10.4 Å². The van der Waals surface area contributed by atoms with Crippen LogP contribution in [-0.4, -0.2) is 17.5 Å². The van der Waals surface area contributed by atoms with Gasteiger partial charge in [-0.05, 0) is 0 Å². The minimum Gasteiger partial charge on any atom is -0.264 e. The Bertz CT molecular complexity index is 90.1. The maximum atomic E-state index is 8.74. The standard InChI is InChI=1S/H2O4S.2S/c1-5(2,3)4;;/h(H2,1,2,3,4);;. The normalized spacial score (nSPS) is 8.29. The zero-order valence-electron chi connectivity index (χ0n) is 2.94. The smallest absolute Gasteiger partial charge is 0.264 e. The van der Waals surface area contributed by atoms with E-state index in [4.69, 9.17) is 17.5 Å². The van der Waals surface area contributed by atoms with Gasteiger partial charge in [0, 0.05) is 27.0 Å². The number of hydrogen-bond acceptors (Lipinski definition) is 2. The summed E-state index contributed by atoms with van der Waals surface area (Å²) in [5.74, 6) is 0. The fourth-order valence-corrected chi connectivity index (χ4v) is 0. The summed E-state index contributed by atoms with van der Waals surface area (Å²) in [6, 6.07) is 0. The average molecular weight is 162 g/mol. The first kappa shape index (κ1) is 15.6. The van der Waals surface area contributed by atoms with Crippen molar-refractivity contribution in [2.24, 2.45) is 0 Å². The second-order valence-corrected chi connectivity index (χ2v) is 1.34. The Morgan fingerprint density at radius 2 is 1.00 bits per heavy atom. The molecule has 0 saturated carbocycles. The lowest BCUT2D eigenvalue weighted by Gasteiger charge is -1.68. The zero-order valence-corrected chi connectivity index (χ0v) is 5.39. The van der Waals surface area contributed by atoms with E-state index in [1.165, 1.54) is 0 Å². The molecule has 4 radical (unpaired) electrons. The first-order valence-electron chi connectivity index (χ1n) is 0.698. The van der Waals surface area contributed by atoms with Crippen LogP contribution < -0.4 is 0 Å². The molecule has 7 heteroatoms. The van der Waals surface area contributed by atoms with Gasteiger partial charge in [0.25, 0.3) is 0 Å². The van der Waals surface area contributed by atoms with Gasteiger partial charge in [0.2, 0.25) is 0 Å². The summed E-state index contributed by atoms with van der Waals surface area (Å²) in [5.41, 5.74) is 0. The molecule has 0 aliphatic rings. The van der Waals surface area contributed by atoms with Gasteiger partial charge in [-0.1, -0.05) is 0 Å². The molecular weight excluding hydrogens is 160 g/mol. The number of rotatable bonds is 0. The molecule has 0 unspecified atom stereocenters. The van der Waals surface area contributed by atoms with Crippen molar-refractivity contribution in [3.63, 3.8) is 0 Å². The monoisotopic (exact) mass is 162 g/mol. The molecule has 0 atom stereocenters. The van der Waals surface area contributed by atoms with Gasteiger partial charge < -0.3 is 0 Å². The third-order valence-electron chi connectivity index (χ3n) is 0. The summed E-state index contributed by atoms with van der Waals surface area (Å²) in [7, 11) is -4.67. The Labute approximate surface area is 55.4 Å². The highest BCUT2D eigenvalue weighted by Gasteiger charge is 1.84. The Balaban J connectivity index is -0.0000000800. The predicted molar refractivity (Wildman–Crippen MR) is 29.4 cm³/mol. The van der Waals surface area contributed by atoms with E-state index < -0.39 is 10.4 Å². The van der Waals surface area contributed by atoms with Crippen molar-refractivity contribution >= 4 is 37.4 Å². The lowest BCUT2D eigenvalue weighted by atomic mass is 15.8. The Morgan fingerprint density at radius 1 is 1.00 bits per heavy atom. The maximum Gasteiger partial charge on any atom is 0.394 e. The van der Waals surface area contributed by atoms with Gasteiger partial charge in [-0.25, -0.2) is 0 Å². The Kier molecular flexibility index (Phi) is 10.6. The second kappa shape index (κ2) is 4.72. The molecule has 0 fully saturated rings. The Hall–Kier alpha value is 0.570. The van der Waals surface area contributed by atoms with E-state index in [2.05, 4.69) is 0 Å². The van der Waals surface area contributed by atoms with Crippen LogP contribution in [0.2, 0.25) is 0 Å². The molecule has 0 aromatic heterocycles. The molecule has 2 N–H and O–H groups in total. The van der Waals surface area contributed by atoms with E-state index in [1.807, 2.05) is 0 Å². The molecular formula is H2O4S3. The van der Waals surface area contributed by atoms with Crippen LogP contribution in [0, 0.1) is 0 Å². The summed E-state index contributed by atoms with van der Waals surface area (Å²) in [4.78, 5) is 0. The molecule has 0 amide bonds. The van der Waals surface area contributed by atoms with Crippen molar-refractivity contribution in [1.29, 1.82) is 0 Å².